The molecule has 262 valence electrons. The van der Waals surface area contributed by atoms with Gasteiger partial charge in [0.1, 0.15) is 0 Å². The second kappa shape index (κ2) is 13.2. The molecular formula is C54H36N2. The summed E-state index contributed by atoms with van der Waals surface area (Å²) in [5.74, 6) is 0. The highest BCUT2D eigenvalue weighted by atomic mass is 15.0. The van der Waals surface area contributed by atoms with E-state index in [0.717, 1.165) is 5.69 Å². The van der Waals surface area contributed by atoms with E-state index in [2.05, 4.69) is 228 Å². The molecule has 0 saturated carbocycles. The third-order valence-corrected chi connectivity index (χ3v) is 11.3. The zero-order valence-corrected chi connectivity index (χ0v) is 30.7. The van der Waals surface area contributed by atoms with Gasteiger partial charge in [0.15, 0.2) is 0 Å². The predicted molar refractivity (Wildman–Crippen MR) is 237 cm³/mol. The molecule has 2 heterocycles. The van der Waals surface area contributed by atoms with Crippen LogP contribution in [0.5, 0.6) is 0 Å². The standard InChI is InChI=1S/C54H36N2/c1-5-16-37(17-6-1)41-32-42(38-18-7-2-8-19-38)34-43(33-41)46-25-15-27-53-54(46)49-36-40(29-31-52(49)56(53)45-22-11-4-12-23-45)39-28-30-51-48(35-39)47-24-13-14-26-50(47)55(51)44-20-9-3-10-21-44/h1-36H. The first-order valence-electron chi connectivity index (χ1n) is 19.3. The molecule has 0 radical (unpaired) electrons. The number of rotatable bonds is 6. The van der Waals surface area contributed by atoms with Gasteiger partial charge < -0.3 is 9.13 Å². The van der Waals surface area contributed by atoms with Gasteiger partial charge in [-0.1, -0.05) is 140 Å². The Balaban J connectivity index is 1.16. The molecule has 11 aromatic rings. The molecule has 0 atom stereocenters. The molecule has 2 nitrogen and oxygen atoms in total. The predicted octanol–water partition coefficient (Wildman–Crippen LogP) is 14.5. The summed E-state index contributed by atoms with van der Waals surface area (Å²) in [4.78, 5) is 0. The maximum absolute atomic E-state index is 2.42. The van der Waals surface area contributed by atoms with Gasteiger partial charge in [0.25, 0.3) is 0 Å². The van der Waals surface area contributed by atoms with Crippen molar-refractivity contribution in [3.8, 4) is 55.9 Å². The monoisotopic (exact) mass is 712 g/mol. The van der Waals surface area contributed by atoms with Crippen molar-refractivity contribution in [3.05, 3.63) is 218 Å². The fourth-order valence-electron chi connectivity index (χ4n) is 8.73. The molecule has 9 aromatic carbocycles. The van der Waals surface area contributed by atoms with E-state index in [0.29, 0.717) is 0 Å². The zero-order chi connectivity index (χ0) is 37.0. The van der Waals surface area contributed by atoms with Gasteiger partial charge in [-0.25, -0.2) is 0 Å². The number of benzene rings is 9. The smallest absolute Gasteiger partial charge is 0.0547 e. The summed E-state index contributed by atoms with van der Waals surface area (Å²) < 4.78 is 4.80. The summed E-state index contributed by atoms with van der Waals surface area (Å²) in [5.41, 5.74) is 16.7. The van der Waals surface area contributed by atoms with E-state index >= 15 is 0 Å². The van der Waals surface area contributed by atoms with Gasteiger partial charge in [-0.3, -0.25) is 0 Å². The number of fused-ring (bicyclic) bond motifs is 6. The first-order valence-corrected chi connectivity index (χ1v) is 19.3. The quantitative estimate of drug-likeness (QED) is 0.162. The zero-order valence-electron chi connectivity index (χ0n) is 30.7. The Morgan fingerprint density at radius 1 is 0.232 bits per heavy atom. The minimum atomic E-state index is 1.15. The van der Waals surface area contributed by atoms with E-state index in [1.807, 2.05) is 0 Å². The molecule has 0 N–H and O–H groups in total. The Kier molecular flexibility index (Phi) is 7.53. The molecule has 0 spiro atoms. The first-order chi connectivity index (χ1) is 27.8. The molecule has 0 fully saturated rings. The first kappa shape index (κ1) is 32.0. The van der Waals surface area contributed by atoms with Crippen LogP contribution >= 0.6 is 0 Å². The molecule has 2 heteroatoms. The van der Waals surface area contributed by atoms with Crippen molar-refractivity contribution >= 4 is 43.6 Å². The van der Waals surface area contributed by atoms with Crippen LogP contribution < -0.4 is 0 Å². The van der Waals surface area contributed by atoms with E-state index in [9.17, 15) is 0 Å². The fourth-order valence-corrected chi connectivity index (χ4v) is 8.73. The molecule has 0 bridgehead atoms. The van der Waals surface area contributed by atoms with Crippen molar-refractivity contribution in [2.24, 2.45) is 0 Å². The molecule has 11 rings (SSSR count). The van der Waals surface area contributed by atoms with Crippen molar-refractivity contribution < 1.29 is 0 Å². The molecule has 2 aromatic heterocycles. The van der Waals surface area contributed by atoms with Gasteiger partial charge in [0.05, 0.1) is 22.1 Å². The van der Waals surface area contributed by atoms with Crippen molar-refractivity contribution in [1.29, 1.82) is 0 Å². The summed E-state index contributed by atoms with van der Waals surface area (Å²) in [6.45, 7) is 0. The van der Waals surface area contributed by atoms with Crippen molar-refractivity contribution in [2.45, 2.75) is 0 Å². The summed E-state index contributed by atoms with van der Waals surface area (Å²) in [6.07, 6.45) is 0. The molecule has 0 aliphatic carbocycles. The van der Waals surface area contributed by atoms with Crippen molar-refractivity contribution in [1.82, 2.24) is 9.13 Å². The normalized spacial score (nSPS) is 11.6. The molecule has 0 amide bonds. The highest BCUT2D eigenvalue weighted by molar-refractivity contribution is 6.17. The minimum Gasteiger partial charge on any atom is -0.309 e. The summed E-state index contributed by atoms with van der Waals surface area (Å²) in [6, 6.07) is 79.5. The largest absolute Gasteiger partial charge is 0.309 e. The second-order valence-electron chi connectivity index (χ2n) is 14.6. The van der Waals surface area contributed by atoms with Crippen LogP contribution in [0.1, 0.15) is 0 Å². The number of hydrogen-bond acceptors (Lipinski definition) is 0. The van der Waals surface area contributed by atoms with Gasteiger partial charge in [-0.05, 0) is 123 Å². The molecule has 0 unspecified atom stereocenters. The molecule has 0 aliphatic heterocycles. The number of para-hydroxylation sites is 3. The number of hydrogen-bond donors (Lipinski definition) is 0. The van der Waals surface area contributed by atoms with E-state index in [1.54, 1.807) is 0 Å². The van der Waals surface area contributed by atoms with Gasteiger partial charge in [0, 0.05) is 32.9 Å². The van der Waals surface area contributed by atoms with Crippen LogP contribution in [0.2, 0.25) is 0 Å². The highest BCUT2D eigenvalue weighted by Gasteiger charge is 2.19. The second-order valence-corrected chi connectivity index (χ2v) is 14.6. The Bertz CT molecular complexity index is 3150. The lowest BCUT2D eigenvalue weighted by molar-refractivity contribution is 1.18. The van der Waals surface area contributed by atoms with Crippen molar-refractivity contribution in [2.75, 3.05) is 0 Å². The van der Waals surface area contributed by atoms with Crippen LogP contribution in [0.25, 0.3) is 99.5 Å². The molecule has 0 saturated heterocycles. The maximum atomic E-state index is 2.42. The molecule has 0 aliphatic rings. The lowest BCUT2D eigenvalue weighted by Gasteiger charge is -2.13. The van der Waals surface area contributed by atoms with Crippen LogP contribution in [-0.4, -0.2) is 9.13 Å². The average molecular weight is 713 g/mol. The molecule has 56 heavy (non-hydrogen) atoms. The van der Waals surface area contributed by atoms with E-state index in [1.165, 1.54) is 93.8 Å². The SMILES string of the molecule is c1ccc(-c2cc(-c3ccccc3)cc(-c3cccc4c3c3cc(-c5ccc6c(c5)c5ccccc5n6-c5ccccc5)ccc3n4-c3ccccc3)c2)cc1. The summed E-state index contributed by atoms with van der Waals surface area (Å²) in [5, 5.41) is 4.99. The number of nitrogens with zero attached hydrogens (tertiary/aromatic N) is 2. The van der Waals surface area contributed by atoms with Crippen LogP contribution in [0.3, 0.4) is 0 Å². The Morgan fingerprint density at radius 3 is 1.29 bits per heavy atom. The van der Waals surface area contributed by atoms with Crippen LogP contribution in [-0.2, 0) is 0 Å². The van der Waals surface area contributed by atoms with E-state index in [-0.39, 0.29) is 0 Å². The summed E-state index contributed by atoms with van der Waals surface area (Å²) >= 11 is 0. The fraction of sp³-hybridized carbons (Fsp3) is 0. The number of aromatic nitrogens is 2. The van der Waals surface area contributed by atoms with E-state index < -0.39 is 0 Å². The van der Waals surface area contributed by atoms with Gasteiger partial charge in [0.2, 0.25) is 0 Å². The average Bonchev–Trinajstić information content (AvgIpc) is 3.80. The van der Waals surface area contributed by atoms with Crippen LogP contribution in [0.15, 0.2) is 218 Å². The Labute approximate surface area is 325 Å². The Hall–Kier alpha value is -7.42. The topological polar surface area (TPSA) is 9.86 Å². The summed E-state index contributed by atoms with van der Waals surface area (Å²) in [7, 11) is 0. The highest BCUT2D eigenvalue weighted by Crippen LogP contribution is 2.43. The lowest BCUT2D eigenvalue weighted by Crippen LogP contribution is -1.93. The lowest BCUT2D eigenvalue weighted by atomic mass is 9.91. The van der Waals surface area contributed by atoms with Crippen molar-refractivity contribution in [3.63, 3.8) is 0 Å². The minimum absolute atomic E-state index is 1.15. The Morgan fingerprint density at radius 2 is 0.679 bits per heavy atom. The third kappa shape index (κ3) is 5.26. The van der Waals surface area contributed by atoms with E-state index in [4.69, 9.17) is 0 Å². The third-order valence-electron chi connectivity index (χ3n) is 11.3. The van der Waals surface area contributed by atoms with Gasteiger partial charge in [-0.15, -0.1) is 0 Å². The maximum Gasteiger partial charge on any atom is 0.0547 e. The molecular weight excluding hydrogens is 677 g/mol. The van der Waals surface area contributed by atoms with Gasteiger partial charge in [-0.2, -0.15) is 0 Å². The van der Waals surface area contributed by atoms with Crippen LogP contribution in [0.4, 0.5) is 0 Å². The van der Waals surface area contributed by atoms with Crippen LogP contribution in [0, 0.1) is 0 Å². The van der Waals surface area contributed by atoms with Gasteiger partial charge >= 0.3 is 0 Å².